The van der Waals surface area contributed by atoms with E-state index in [9.17, 15) is 9.90 Å². The number of hydrogen-bond donors (Lipinski definition) is 1. The van der Waals surface area contributed by atoms with E-state index < -0.39 is 0 Å². The van der Waals surface area contributed by atoms with E-state index in [0.717, 1.165) is 76.9 Å². The molecule has 0 spiro atoms. The van der Waals surface area contributed by atoms with Gasteiger partial charge in [0.1, 0.15) is 0 Å². The summed E-state index contributed by atoms with van der Waals surface area (Å²) in [5.41, 5.74) is 7.10. The van der Waals surface area contributed by atoms with E-state index in [1.54, 1.807) is 0 Å². The van der Waals surface area contributed by atoms with Crippen LogP contribution in [0.1, 0.15) is 119 Å². The van der Waals surface area contributed by atoms with E-state index in [1.807, 2.05) is 53.7 Å². The third-order valence-corrected chi connectivity index (χ3v) is 10.6. The molecule has 1 aliphatic carbocycles. The second kappa shape index (κ2) is 15.3. The van der Waals surface area contributed by atoms with E-state index >= 15 is 0 Å². The minimum Gasteiger partial charge on any atom is -0.512 e. The zero-order chi connectivity index (χ0) is 36.7. The predicted octanol–water partition coefficient (Wildman–Crippen LogP) is 11.8. The zero-order valence-corrected chi connectivity index (χ0v) is 33.2. The Hall–Kier alpha value is -3.34. The minimum atomic E-state index is -0.0338. The number of fused-ring (bicyclic) bond motifs is 5. The van der Waals surface area contributed by atoms with Crippen molar-refractivity contribution in [1.29, 1.82) is 0 Å². The number of aliphatic hydroxyl groups is 1. The van der Waals surface area contributed by atoms with Crippen LogP contribution >= 0.6 is 0 Å². The summed E-state index contributed by atoms with van der Waals surface area (Å²) in [7, 11) is 0. The molecule has 5 aromatic rings. The summed E-state index contributed by atoms with van der Waals surface area (Å²) in [4.78, 5) is 21.0. The van der Waals surface area contributed by atoms with Gasteiger partial charge in [0.2, 0.25) is 5.71 Å². The number of aromatic nitrogens is 2. The average Bonchev–Trinajstić information content (AvgIpc) is 3.42. The molecule has 3 aromatic heterocycles. The minimum absolute atomic E-state index is 0. The number of benzene rings is 2. The molecule has 263 valence electrons. The first-order valence-corrected chi connectivity index (χ1v) is 17.7. The summed E-state index contributed by atoms with van der Waals surface area (Å²) >= 11 is 0. The molecule has 0 aliphatic heterocycles. The molecular weight excluding hydrogens is 785 g/mol. The normalized spacial score (nSPS) is 15.9. The van der Waals surface area contributed by atoms with Crippen LogP contribution in [0.2, 0.25) is 0 Å². The fourth-order valence-corrected chi connectivity index (χ4v) is 7.18. The summed E-state index contributed by atoms with van der Waals surface area (Å²) in [5.74, 6) is 0.547. The number of nitrogens with zero attached hydrogens (tertiary/aromatic N) is 2. The SMILES string of the molecule is CCC(CC)C(=O)/C=C(\O)C(CC)CC.[2H]c1nc(-c2[c-]c(C)cc3c2oc2nc(C)ccc23)c2cc3c(cc2c1[2H])C(C)(C)CCC3(C)C.[Ir]. The number of carbonyl (C=O) groups is 1. The second-order valence-electron chi connectivity index (χ2n) is 14.9. The van der Waals surface area contributed by atoms with Crippen LogP contribution < -0.4 is 0 Å². The molecule has 5 nitrogen and oxygen atoms in total. The topological polar surface area (TPSA) is 76.2 Å². The number of aryl methyl sites for hydroxylation is 2. The number of rotatable bonds is 8. The third kappa shape index (κ3) is 7.71. The second-order valence-corrected chi connectivity index (χ2v) is 14.9. The fourth-order valence-electron chi connectivity index (χ4n) is 7.18. The van der Waals surface area contributed by atoms with E-state index in [2.05, 4.69) is 61.9 Å². The molecule has 0 amide bonds. The van der Waals surface area contributed by atoms with Gasteiger partial charge in [-0.3, -0.25) is 4.79 Å². The van der Waals surface area contributed by atoms with Gasteiger partial charge in [-0.15, -0.1) is 17.7 Å². The summed E-state index contributed by atoms with van der Waals surface area (Å²) < 4.78 is 23.6. The fraction of sp³-hybridized carbons (Fsp3) is 0.465. The van der Waals surface area contributed by atoms with Crippen molar-refractivity contribution in [3.05, 3.63) is 82.8 Å². The average molecular weight is 840 g/mol. The van der Waals surface area contributed by atoms with Gasteiger partial charge in [-0.1, -0.05) is 85.4 Å². The number of ketones is 1. The van der Waals surface area contributed by atoms with Crippen molar-refractivity contribution >= 4 is 38.6 Å². The first-order valence-electron chi connectivity index (χ1n) is 18.7. The molecule has 6 heteroatoms. The quantitative estimate of drug-likeness (QED) is 0.0957. The van der Waals surface area contributed by atoms with Crippen LogP contribution in [0, 0.1) is 31.7 Å². The third-order valence-electron chi connectivity index (χ3n) is 10.6. The molecule has 0 fully saturated rings. The molecule has 0 saturated heterocycles. The molecule has 0 unspecified atom stereocenters. The van der Waals surface area contributed by atoms with Crippen molar-refractivity contribution in [3.8, 4) is 11.3 Å². The van der Waals surface area contributed by atoms with Crippen LogP contribution in [0.5, 0.6) is 0 Å². The van der Waals surface area contributed by atoms with Gasteiger partial charge in [-0.2, -0.15) is 0 Å². The van der Waals surface area contributed by atoms with Crippen LogP contribution in [0.4, 0.5) is 0 Å². The predicted molar refractivity (Wildman–Crippen MR) is 200 cm³/mol. The van der Waals surface area contributed by atoms with Crippen LogP contribution in [0.25, 0.3) is 44.1 Å². The summed E-state index contributed by atoms with van der Waals surface area (Å²) in [6, 6.07) is 14.1. The van der Waals surface area contributed by atoms with Gasteiger partial charge in [-0.05, 0) is 102 Å². The molecule has 3 heterocycles. The van der Waals surface area contributed by atoms with Gasteiger partial charge in [0.15, 0.2) is 5.78 Å². The maximum atomic E-state index is 11.7. The Morgan fingerprint density at radius 2 is 1.55 bits per heavy atom. The number of carbonyl (C=O) groups excluding carboxylic acids is 1. The van der Waals surface area contributed by atoms with Crippen LogP contribution in [-0.2, 0) is 35.7 Å². The number of hydrogen-bond acceptors (Lipinski definition) is 5. The van der Waals surface area contributed by atoms with Crippen molar-refractivity contribution in [2.45, 2.75) is 119 Å². The Bertz CT molecular complexity index is 2110. The molecular formula is C43H53IrN2O3-. The molecule has 0 saturated carbocycles. The molecule has 2 aromatic carbocycles. The molecule has 6 rings (SSSR count). The summed E-state index contributed by atoms with van der Waals surface area (Å²) in [5, 5.41) is 13.3. The first-order chi connectivity index (χ1) is 23.6. The Kier molecular flexibility index (Phi) is 11.1. The summed E-state index contributed by atoms with van der Waals surface area (Å²) in [6.45, 7) is 21.2. The molecule has 1 N–H and O–H groups in total. The van der Waals surface area contributed by atoms with Gasteiger partial charge < -0.3 is 14.5 Å². The Balaban J connectivity index is 0.000000312. The molecule has 1 aliphatic rings. The van der Waals surface area contributed by atoms with Gasteiger partial charge in [0.05, 0.1) is 14.1 Å². The standard InChI is InChI=1S/C30H29N2O.C13H24O2.Ir/c1-17-13-22-20-8-7-18(2)32-28(20)33-27(22)23(14-17)26-21-16-25-24(15-19(21)9-12-31-26)29(3,4)10-11-30(25,5)6;1-5-10(6-2)12(14)9-13(15)11(7-3)8-4;/h7-9,12-13,15-16H,10-11H2,1-6H3;9-11,14H,5-8H2,1-4H3;/q-1;;/b;12-9-;/i9D,12D;;. The van der Waals surface area contributed by atoms with Gasteiger partial charge in [-0.25, -0.2) is 4.98 Å². The van der Waals surface area contributed by atoms with E-state index in [4.69, 9.17) is 7.16 Å². The maximum absolute atomic E-state index is 11.7. The molecule has 49 heavy (non-hydrogen) atoms. The van der Waals surface area contributed by atoms with Crippen molar-refractivity contribution in [1.82, 2.24) is 9.97 Å². The smallest absolute Gasteiger partial charge is 0.216 e. The number of pyridine rings is 2. The van der Waals surface area contributed by atoms with Crippen LogP contribution in [-0.4, -0.2) is 20.9 Å². The summed E-state index contributed by atoms with van der Waals surface area (Å²) in [6.07, 6.45) is 7.06. The molecule has 1 radical (unpaired) electrons. The molecule has 0 bridgehead atoms. The Morgan fingerprint density at radius 1 is 0.939 bits per heavy atom. The van der Waals surface area contributed by atoms with Gasteiger partial charge >= 0.3 is 0 Å². The molecule has 0 atom stereocenters. The first kappa shape index (κ1) is 35.5. The monoisotopic (exact) mass is 840 g/mol. The van der Waals surface area contributed by atoms with Gasteiger partial charge in [0, 0.05) is 55.3 Å². The van der Waals surface area contributed by atoms with Crippen LogP contribution in [0.3, 0.4) is 0 Å². The van der Waals surface area contributed by atoms with Gasteiger partial charge in [0.25, 0.3) is 0 Å². The van der Waals surface area contributed by atoms with E-state index in [-0.39, 0.29) is 66.5 Å². The zero-order valence-electron chi connectivity index (χ0n) is 32.9. The van der Waals surface area contributed by atoms with Crippen molar-refractivity contribution < 1.29 is 37.2 Å². The van der Waals surface area contributed by atoms with E-state index in [1.165, 1.54) is 17.2 Å². The largest absolute Gasteiger partial charge is 0.512 e. The van der Waals surface area contributed by atoms with Crippen molar-refractivity contribution in [2.75, 3.05) is 0 Å². The number of allylic oxidation sites excluding steroid dienone is 2. The van der Waals surface area contributed by atoms with Crippen LogP contribution in [0.15, 0.2) is 58.8 Å². The van der Waals surface area contributed by atoms with E-state index in [0.29, 0.717) is 17.0 Å². The maximum Gasteiger partial charge on any atom is 0.216 e. The van der Waals surface area contributed by atoms with Crippen molar-refractivity contribution in [2.24, 2.45) is 11.8 Å². The Morgan fingerprint density at radius 3 is 2.16 bits per heavy atom. The number of aliphatic hydroxyl groups excluding tert-OH is 1. The number of furan rings is 1. The van der Waals surface area contributed by atoms with Crippen molar-refractivity contribution in [3.63, 3.8) is 0 Å². The Labute approximate surface area is 309 Å².